The Labute approximate surface area is 111 Å². The Bertz CT molecular complexity index is 433. The van der Waals surface area contributed by atoms with Crippen LogP contribution in [0.5, 0.6) is 0 Å². The summed E-state index contributed by atoms with van der Waals surface area (Å²) in [5.41, 5.74) is 6.79. The maximum absolute atomic E-state index is 11.7. The lowest BCUT2D eigenvalue weighted by atomic mass is 9.93. The van der Waals surface area contributed by atoms with Crippen molar-refractivity contribution >= 4 is 22.4 Å². The van der Waals surface area contributed by atoms with E-state index in [1.165, 1.54) is 18.4 Å². The quantitative estimate of drug-likeness (QED) is 0.860. The van der Waals surface area contributed by atoms with Gasteiger partial charge in [0, 0.05) is 12.0 Å². The third kappa shape index (κ3) is 3.07. The molecule has 1 aromatic rings. The molecular weight excluding hydrogens is 250 g/mol. The normalized spacial score (nSPS) is 20.3. The number of ether oxygens (including phenoxy) is 1. The van der Waals surface area contributed by atoms with Crippen molar-refractivity contribution in [2.45, 2.75) is 32.2 Å². The van der Waals surface area contributed by atoms with E-state index in [-0.39, 0.29) is 12.5 Å². The monoisotopic (exact) mass is 269 g/mol. The van der Waals surface area contributed by atoms with Gasteiger partial charge < -0.3 is 15.8 Å². The van der Waals surface area contributed by atoms with Crippen LogP contribution in [0.15, 0.2) is 0 Å². The van der Waals surface area contributed by atoms with Gasteiger partial charge in [-0.3, -0.25) is 4.79 Å². The van der Waals surface area contributed by atoms with Gasteiger partial charge in [-0.25, -0.2) is 4.98 Å². The van der Waals surface area contributed by atoms with Crippen LogP contribution in [-0.4, -0.2) is 30.6 Å². The van der Waals surface area contributed by atoms with E-state index in [2.05, 4.69) is 17.2 Å². The number of rotatable bonds is 4. The predicted octanol–water partition coefficient (Wildman–Crippen LogP) is 1.18. The van der Waals surface area contributed by atoms with Crippen LogP contribution in [0.3, 0.4) is 0 Å². The zero-order chi connectivity index (χ0) is 13.1. The molecule has 0 aromatic carbocycles. The molecule has 1 amide bonds. The van der Waals surface area contributed by atoms with Crippen molar-refractivity contribution < 1.29 is 9.53 Å². The minimum absolute atomic E-state index is 0.216. The van der Waals surface area contributed by atoms with Crippen LogP contribution in [0, 0.1) is 5.92 Å². The summed E-state index contributed by atoms with van der Waals surface area (Å²) in [5.74, 6) is 0.466. The zero-order valence-electron chi connectivity index (χ0n) is 10.7. The molecule has 0 fully saturated rings. The molecule has 0 radical (unpaired) electrons. The summed E-state index contributed by atoms with van der Waals surface area (Å²) in [6.45, 7) is 2.46. The third-order valence-corrected chi connectivity index (χ3v) is 4.13. The second kappa shape index (κ2) is 5.77. The number of aryl methyl sites for hydroxylation is 1. The number of fused-ring (bicyclic) bond motifs is 1. The first-order valence-corrected chi connectivity index (χ1v) is 6.95. The van der Waals surface area contributed by atoms with Gasteiger partial charge in [-0.1, -0.05) is 6.92 Å². The predicted molar refractivity (Wildman–Crippen MR) is 71.8 cm³/mol. The maximum Gasteiger partial charge on any atom is 0.245 e. The second-order valence-electron chi connectivity index (χ2n) is 4.79. The summed E-state index contributed by atoms with van der Waals surface area (Å²) in [6, 6.07) is -0.644. The van der Waals surface area contributed by atoms with E-state index in [0.29, 0.717) is 11.0 Å². The standard InChI is InChI=1S/C12H19N3O2S/c1-7-3-4-9-10(5-7)18-12(14-9)15-11(16)8(13)6-17-2/h7-8H,3-6,13H2,1-2H3,(H,14,15,16). The van der Waals surface area contributed by atoms with Gasteiger partial charge >= 0.3 is 0 Å². The highest BCUT2D eigenvalue weighted by atomic mass is 32.1. The van der Waals surface area contributed by atoms with E-state index in [9.17, 15) is 4.79 Å². The van der Waals surface area contributed by atoms with Crippen molar-refractivity contribution in [2.24, 2.45) is 11.7 Å². The van der Waals surface area contributed by atoms with Gasteiger partial charge in [-0.15, -0.1) is 11.3 Å². The molecule has 2 rings (SSSR count). The van der Waals surface area contributed by atoms with Crippen LogP contribution in [0.1, 0.15) is 23.9 Å². The molecule has 2 unspecified atom stereocenters. The van der Waals surface area contributed by atoms with E-state index in [4.69, 9.17) is 10.5 Å². The lowest BCUT2D eigenvalue weighted by Gasteiger charge is -2.15. The number of nitrogens with two attached hydrogens (primary N) is 1. The molecule has 2 atom stereocenters. The van der Waals surface area contributed by atoms with Gasteiger partial charge in [0.15, 0.2) is 5.13 Å². The highest BCUT2D eigenvalue weighted by Crippen LogP contribution is 2.32. The highest BCUT2D eigenvalue weighted by molar-refractivity contribution is 7.15. The number of aromatic nitrogens is 1. The Morgan fingerprint density at radius 3 is 3.22 bits per heavy atom. The molecule has 0 aliphatic heterocycles. The van der Waals surface area contributed by atoms with Gasteiger partial charge in [-0.2, -0.15) is 0 Å². The van der Waals surface area contributed by atoms with Crippen molar-refractivity contribution in [1.82, 2.24) is 4.98 Å². The third-order valence-electron chi connectivity index (χ3n) is 3.10. The topological polar surface area (TPSA) is 77.2 Å². The average Bonchev–Trinajstić information content (AvgIpc) is 2.70. The number of amides is 1. The van der Waals surface area contributed by atoms with E-state index in [1.807, 2.05) is 0 Å². The molecule has 1 aliphatic carbocycles. The van der Waals surface area contributed by atoms with Crippen molar-refractivity contribution in [3.05, 3.63) is 10.6 Å². The fraction of sp³-hybridized carbons (Fsp3) is 0.667. The number of nitrogens with zero attached hydrogens (tertiary/aromatic N) is 1. The number of carbonyl (C=O) groups excluding carboxylic acids is 1. The number of hydrogen-bond acceptors (Lipinski definition) is 5. The van der Waals surface area contributed by atoms with Gasteiger partial charge in [0.25, 0.3) is 0 Å². The molecule has 3 N–H and O–H groups in total. The largest absolute Gasteiger partial charge is 0.383 e. The Kier molecular flexibility index (Phi) is 4.31. The van der Waals surface area contributed by atoms with Gasteiger partial charge in [0.1, 0.15) is 6.04 Å². The van der Waals surface area contributed by atoms with Crippen molar-refractivity contribution in [1.29, 1.82) is 0 Å². The van der Waals surface area contributed by atoms with Gasteiger partial charge in [0.05, 0.1) is 12.3 Å². The molecule has 1 heterocycles. The number of nitrogens with one attached hydrogen (secondary N) is 1. The van der Waals surface area contributed by atoms with Crippen molar-refractivity contribution in [2.75, 3.05) is 19.0 Å². The minimum atomic E-state index is -0.644. The van der Waals surface area contributed by atoms with Gasteiger partial charge in [-0.05, 0) is 25.2 Å². The Morgan fingerprint density at radius 2 is 2.50 bits per heavy atom. The minimum Gasteiger partial charge on any atom is -0.383 e. The van der Waals surface area contributed by atoms with Crippen molar-refractivity contribution in [3.63, 3.8) is 0 Å². The average molecular weight is 269 g/mol. The summed E-state index contributed by atoms with van der Waals surface area (Å²) in [5, 5.41) is 3.42. The molecule has 0 saturated carbocycles. The van der Waals surface area contributed by atoms with E-state index >= 15 is 0 Å². The first-order chi connectivity index (χ1) is 8.60. The van der Waals surface area contributed by atoms with Crippen LogP contribution in [0.25, 0.3) is 0 Å². The molecule has 5 nitrogen and oxygen atoms in total. The highest BCUT2D eigenvalue weighted by Gasteiger charge is 2.21. The molecule has 100 valence electrons. The fourth-order valence-electron chi connectivity index (χ4n) is 2.05. The maximum atomic E-state index is 11.7. The van der Waals surface area contributed by atoms with E-state index in [0.717, 1.165) is 18.5 Å². The Balaban J connectivity index is 2.00. The molecule has 1 aliphatic rings. The second-order valence-corrected chi connectivity index (χ2v) is 5.87. The summed E-state index contributed by atoms with van der Waals surface area (Å²) >= 11 is 1.56. The number of thiazole rings is 1. The summed E-state index contributed by atoms with van der Waals surface area (Å²) in [7, 11) is 1.52. The van der Waals surface area contributed by atoms with Crippen molar-refractivity contribution in [3.8, 4) is 0 Å². The Morgan fingerprint density at radius 1 is 1.72 bits per heavy atom. The van der Waals surface area contributed by atoms with Crippen LogP contribution < -0.4 is 11.1 Å². The number of methoxy groups -OCH3 is 1. The lowest BCUT2D eigenvalue weighted by molar-refractivity contribution is -0.118. The molecular formula is C12H19N3O2S. The van der Waals surface area contributed by atoms with Crippen LogP contribution in [-0.2, 0) is 22.4 Å². The molecule has 18 heavy (non-hydrogen) atoms. The van der Waals surface area contributed by atoms with Crippen LogP contribution in [0.4, 0.5) is 5.13 Å². The fourth-order valence-corrected chi connectivity index (χ4v) is 3.22. The smallest absolute Gasteiger partial charge is 0.245 e. The molecule has 0 bridgehead atoms. The molecule has 1 aromatic heterocycles. The number of hydrogen-bond donors (Lipinski definition) is 2. The SMILES string of the molecule is COCC(N)C(=O)Nc1nc2c(s1)CC(C)CC2. The first-order valence-electron chi connectivity index (χ1n) is 6.14. The van der Waals surface area contributed by atoms with E-state index in [1.54, 1.807) is 11.3 Å². The first kappa shape index (κ1) is 13.5. The summed E-state index contributed by atoms with van der Waals surface area (Å²) in [6.07, 6.45) is 3.24. The molecule has 0 saturated heterocycles. The van der Waals surface area contributed by atoms with Gasteiger partial charge in [0.2, 0.25) is 5.91 Å². The summed E-state index contributed by atoms with van der Waals surface area (Å²) < 4.78 is 4.85. The number of carbonyl (C=O) groups is 1. The summed E-state index contributed by atoms with van der Waals surface area (Å²) in [4.78, 5) is 17.5. The van der Waals surface area contributed by atoms with E-state index < -0.39 is 6.04 Å². The molecule has 6 heteroatoms. The van der Waals surface area contributed by atoms with Crippen LogP contribution >= 0.6 is 11.3 Å². The molecule has 0 spiro atoms. The zero-order valence-corrected chi connectivity index (χ0v) is 11.5. The Hall–Kier alpha value is -0.980. The van der Waals surface area contributed by atoms with Crippen LogP contribution in [0.2, 0.25) is 0 Å². The lowest BCUT2D eigenvalue weighted by Crippen LogP contribution is -2.39. The number of anilines is 1.